The van der Waals surface area contributed by atoms with Gasteiger partial charge in [0.2, 0.25) is 11.8 Å². The number of fused-ring (bicyclic) bond motifs is 4. The molecule has 5 fully saturated rings. The number of carbonyl (C=O) groups is 2. The molecule has 7 atom stereocenters. The number of nitrogens with one attached hydrogen (secondary N) is 3. The van der Waals surface area contributed by atoms with Crippen molar-refractivity contribution >= 4 is 24.2 Å². The van der Waals surface area contributed by atoms with E-state index in [1.54, 1.807) is 0 Å². The molecule has 0 aromatic rings. The Hall–Kier alpha value is -0.890. The molecule has 5 saturated heterocycles. The number of ether oxygens (including phenoxy) is 2. The number of rotatable bonds is 5. The highest BCUT2D eigenvalue weighted by atomic mass is 35.5. The van der Waals surface area contributed by atoms with E-state index in [0.29, 0.717) is 25.2 Å². The first-order chi connectivity index (χ1) is 12.6. The van der Waals surface area contributed by atoms with Crippen LogP contribution >= 0.6 is 12.4 Å². The zero-order valence-corrected chi connectivity index (χ0v) is 16.4. The molecule has 4 bridgehead atoms. The molecule has 7 unspecified atom stereocenters. The quantitative estimate of drug-likeness (QED) is 0.631. The summed E-state index contributed by atoms with van der Waals surface area (Å²) in [5.74, 6) is -0.00261. The van der Waals surface area contributed by atoms with Crippen LogP contribution in [0.15, 0.2) is 0 Å². The first-order valence-electron chi connectivity index (χ1n) is 10.2. The lowest BCUT2D eigenvalue weighted by molar-refractivity contribution is -0.136. The lowest BCUT2D eigenvalue weighted by Gasteiger charge is -2.31. The summed E-state index contributed by atoms with van der Waals surface area (Å²) in [5, 5.41) is 9.63. The number of halogens is 1. The average Bonchev–Trinajstić information content (AvgIpc) is 3.41. The van der Waals surface area contributed by atoms with E-state index in [4.69, 9.17) is 9.47 Å². The van der Waals surface area contributed by atoms with Gasteiger partial charge in [-0.2, -0.15) is 0 Å². The van der Waals surface area contributed by atoms with Crippen molar-refractivity contribution in [2.75, 3.05) is 13.1 Å². The summed E-state index contributed by atoms with van der Waals surface area (Å²) < 4.78 is 11.7. The Bertz CT molecular complexity index is 598. The summed E-state index contributed by atoms with van der Waals surface area (Å²) >= 11 is 0. The molecule has 5 aliphatic rings. The number of carbonyl (C=O) groups excluding carboxylic acids is 2. The molecule has 0 aliphatic carbocycles. The van der Waals surface area contributed by atoms with Crippen LogP contribution in [0.25, 0.3) is 0 Å². The van der Waals surface area contributed by atoms with E-state index in [-0.39, 0.29) is 54.9 Å². The highest BCUT2D eigenvalue weighted by molar-refractivity contribution is 5.90. The van der Waals surface area contributed by atoms with Crippen molar-refractivity contribution in [3.8, 4) is 0 Å². The molecule has 0 aromatic carbocycles. The summed E-state index contributed by atoms with van der Waals surface area (Å²) in [6.07, 6.45) is 8.03. The third-order valence-electron chi connectivity index (χ3n) is 7.10. The minimum absolute atomic E-state index is 0. The summed E-state index contributed by atoms with van der Waals surface area (Å²) in [5.41, 5.74) is -0.635. The van der Waals surface area contributed by atoms with E-state index in [2.05, 4.69) is 16.0 Å². The normalized spacial score (nSPS) is 44.3. The topological polar surface area (TPSA) is 88.7 Å². The van der Waals surface area contributed by atoms with E-state index < -0.39 is 5.41 Å². The Balaban J connectivity index is 0.00000180. The van der Waals surface area contributed by atoms with Crippen molar-refractivity contribution in [1.82, 2.24) is 16.0 Å². The minimum atomic E-state index is -0.635. The van der Waals surface area contributed by atoms with Gasteiger partial charge in [0.15, 0.2) is 0 Å². The Morgan fingerprint density at radius 2 is 1.59 bits per heavy atom. The van der Waals surface area contributed by atoms with Gasteiger partial charge in [-0.1, -0.05) is 0 Å². The second-order valence-corrected chi connectivity index (χ2v) is 8.86. The molecule has 0 aromatic heterocycles. The molecule has 27 heavy (non-hydrogen) atoms. The average molecular weight is 400 g/mol. The molecule has 5 aliphatic heterocycles. The molecule has 2 amide bonds. The van der Waals surface area contributed by atoms with E-state index in [9.17, 15) is 9.59 Å². The maximum atomic E-state index is 13.1. The number of hydrogen-bond acceptors (Lipinski definition) is 5. The predicted octanol–water partition coefficient (Wildman–Crippen LogP) is 0.650. The molecular formula is C19H30ClN3O4. The van der Waals surface area contributed by atoms with E-state index in [0.717, 1.165) is 45.1 Å². The Morgan fingerprint density at radius 1 is 0.963 bits per heavy atom. The molecule has 152 valence electrons. The largest absolute Gasteiger partial charge is 0.373 e. The molecule has 7 nitrogen and oxygen atoms in total. The maximum absolute atomic E-state index is 13.1. The molecule has 5 heterocycles. The van der Waals surface area contributed by atoms with Gasteiger partial charge in [-0.3, -0.25) is 9.59 Å². The van der Waals surface area contributed by atoms with Crippen molar-refractivity contribution in [3.05, 3.63) is 0 Å². The van der Waals surface area contributed by atoms with Crippen molar-refractivity contribution in [1.29, 1.82) is 0 Å². The van der Waals surface area contributed by atoms with Crippen LogP contribution in [-0.4, -0.2) is 61.4 Å². The fourth-order valence-electron chi connectivity index (χ4n) is 5.63. The standard InChI is InChI=1S/C19H29N3O4.ClH/c23-17(21-13-7-11-1-3-15(13)25-11)9-19(5-6-20-10-19)18(24)22-14-8-12-2-4-16(14)26-12;/h11-16,20H,1-10H2,(H,21,23)(H,22,24);1H. The summed E-state index contributed by atoms with van der Waals surface area (Å²) in [6, 6.07) is 0.232. The van der Waals surface area contributed by atoms with Crippen molar-refractivity contribution in [2.45, 2.75) is 87.9 Å². The smallest absolute Gasteiger partial charge is 0.228 e. The van der Waals surface area contributed by atoms with Gasteiger partial charge in [-0.25, -0.2) is 0 Å². The van der Waals surface area contributed by atoms with Crippen LogP contribution in [0.4, 0.5) is 0 Å². The highest BCUT2D eigenvalue weighted by Gasteiger charge is 2.48. The fraction of sp³-hybridized carbons (Fsp3) is 0.895. The van der Waals surface area contributed by atoms with Gasteiger partial charge in [0.05, 0.1) is 41.9 Å². The molecule has 5 rings (SSSR count). The van der Waals surface area contributed by atoms with Gasteiger partial charge in [0, 0.05) is 13.0 Å². The lowest BCUT2D eigenvalue weighted by Crippen LogP contribution is -2.52. The zero-order chi connectivity index (χ0) is 17.7. The van der Waals surface area contributed by atoms with Crippen LogP contribution in [0, 0.1) is 5.41 Å². The van der Waals surface area contributed by atoms with Crippen LogP contribution in [0.5, 0.6) is 0 Å². The monoisotopic (exact) mass is 399 g/mol. The third-order valence-corrected chi connectivity index (χ3v) is 7.10. The number of hydrogen-bond donors (Lipinski definition) is 3. The maximum Gasteiger partial charge on any atom is 0.228 e. The van der Waals surface area contributed by atoms with Crippen LogP contribution in [-0.2, 0) is 19.1 Å². The Kier molecular flexibility index (Phi) is 5.40. The van der Waals surface area contributed by atoms with Gasteiger partial charge < -0.3 is 25.4 Å². The van der Waals surface area contributed by atoms with Crippen LogP contribution in [0.3, 0.4) is 0 Å². The minimum Gasteiger partial charge on any atom is -0.373 e. The molecule has 8 heteroatoms. The predicted molar refractivity (Wildman–Crippen MR) is 101 cm³/mol. The highest BCUT2D eigenvalue weighted by Crippen LogP contribution is 2.37. The number of amides is 2. The van der Waals surface area contributed by atoms with Crippen LogP contribution < -0.4 is 16.0 Å². The van der Waals surface area contributed by atoms with Crippen LogP contribution in [0.2, 0.25) is 0 Å². The Morgan fingerprint density at radius 3 is 2.07 bits per heavy atom. The van der Waals surface area contributed by atoms with Gasteiger partial charge in [0.1, 0.15) is 0 Å². The molecule has 3 N–H and O–H groups in total. The fourth-order valence-corrected chi connectivity index (χ4v) is 5.63. The molecule has 0 saturated carbocycles. The summed E-state index contributed by atoms with van der Waals surface area (Å²) in [7, 11) is 0. The van der Waals surface area contributed by atoms with Gasteiger partial charge in [0.25, 0.3) is 0 Å². The first kappa shape index (κ1) is 19.4. The van der Waals surface area contributed by atoms with Gasteiger partial charge >= 0.3 is 0 Å². The summed E-state index contributed by atoms with van der Waals surface area (Å²) in [4.78, 5) is 25.8. The molecule has 0 radical (unpaired) electrons. The van der Waals surface area contributed by atoms with Crippen molar-refractivity contribution < 1.29 is 19.1 Å². The molecular weight excluding hydrogens is 370 g/mol. The van der Waals surface area contributed by atoms with Crippen LogP contribution in [0.1, 0.15) is 51.4 Å². The van der Waals surface area contributed by atoms with E-state index in [1.807, 2.05) is 0 Å². The van der Waals surface area contributed by atoms with Crippen molar-refractivity contribution in [2.24, 2.45) is 5.41 Å². The second-order valence-electron chi connectivity index (χ2n) is 8.86. The zero-order valence-electron chi connectivity index (χ0n) is 15.6. The van der Waals surface area contributed by atoms with Gasteiger partial charge in [-0.05, 0) is 51.5 Å². The van der Waals surface area contributed by atoms with Gasteiger partial charge in [-0.15, -0.1) is 12.4 Å². The van der Waals surface area contributed by atoms with Crippen molar-refractivity contribution in [3.63, 3.8) is 0 Å². The SMILES string of the molecule is Cl.O=C(CC1(C(=O)NC2CC3CCC2O3)CCNC1)NC1CC2CCC1O2. The first-order valence-corrected chi connectivity index (χ1v) is 10.2. The third kappa shape index (κ3) is 3.59. The lowest BCUT2D eigenvalue weighted by atomic mass is 9.81. The summed E-state index contributed by atoms with van der Waals surface area (Å²) in [6.45, 7) is 1.35. The van der Waals surface area contributed by atoms with E-state index >= 15 is 0 Å². The Labute approximate surface area is 166 Å². The second kappa shape index (κ2) is 7.50. The molecule has 0 spiro atoms. The van der Waals surface area contributed by atoms with E-state index in [1.165, 1.54) is 0 Å².